The van der Waals surface area contributed by atoms with Gasteiger partial charge in [-0.2, -0.15) is 0 Å². The fourth-order valence-corrected chi connectivity index (χ4v) is 1.14. The summed E-state index contributed by atoms with van der Waals surface area (Å²) in [6, 6.07) is -0.196. The van der Waals surface area contributed by atoms with Gasteiger partial charge in [-0.15, -0.1) is 0 Å². The Morgan fingerprint density at radius 2 is 2.00 bits per heavy atom. The lowest BCUT2D eigenvalue weighted by atomic mass is 9.89. The van der Waals surface area contributed by atoms with Crippen LogP contribution in [0.4, 0.5) is 4.79 Å². The molecule has 102 valence electrons. The first-order chi connectivity index (χ1) is 7.77. The second-order valence-electron chi connectivity index (χ2n) is 5.42. The molecule has 0 aliphatic rings. The van der Waals surface area contributed by atoms with Crippen LogP contribution < -0.4 is 10.6 Å². The van der Waals surface area contributed by atoms with Crippen molar-refractivity contribution < 1.29 is 14.6 Å². The van der Waals surface area contributed by atoms with Crippen molar-refractivity contribution in [2.75, 3.05) is 20.3 Å². The molecule has 0 aromatic heterocycles. The third kappa shape index (κ3) is 7.99. The molecule has 0 saturated heterocycles. The van der Waals surface area contributed by atoms with E-state index in [1.54, 1.807) is 7.11 Å². The van der Waals surface area contributed by atoms with Crippen molar-refractivity contribution in [3.63, 3.8) is 0 Å². The second kappa shape index (κ2) is 7.50. The van der Waals surface area contributed by atoms with Crippen LogP contribution in [0.1, 0.15) is 34.1 Å². The zero-order chi connectivity index (χ0) is 13.5. The number of carbonyl (C=O) groups excluding carboxylic acids is 1. The molecule has 5 heteroatoms. The van der Waals surface area contributed by atoms with Gasteiger partial charge in [-0.05, 0) is 18.8 Å². The number of hydrogen-bond donors (Lipinski definition) is 3. The molecule has 0 radical (unpaired) electrons. The van der Waals surface area contributed by atoms with E-state index in [2.05, 4.69) is 10.6 Å². The molecule has 0 rings (SSSR count). The van der Waals surface area contributed by atoms with Gasteiger partial charge in [0.2, 0.25) is 0 Å². The number of rotatable bonds is 6. The predicted octanol–water partition coefficient (Wildman–Crippen LogP) is 1.12. The van der Waals surface area contributed by atoms with Crippen LogP contribution in [0.3, 0.4) is 0 Å². The van der Waals surface area contributed by atoms with E-state index >= 15 is 0 Å². The van der Waals surface area contributed by atoms with Crippen molar-refractivity contribution in [2.45, 2.75) is 46.3 Å². The molecule has 0 aliphatic heterocycles. The number of hydrogen-bond acceptors (Lipinski definition) is 3. The van der Waals surface area contributed by atoms with Crippen LogP contribution in [-0.2, 0) is 4.74 Å². The Balaban J connectivity index is 3.80. The molecule has 0 aromatic rings. The normalized spacial score (nSPS) is 15.2. The van der Waals surface area contributed by atoms with E-state index in [4.69, 9.17) is 4.74 Å². The first-order valence-corrected chi connectivity index (χ1v) is 5.98. The summed E-state index contributed by atoms with van der Waals surface area (Å²) in [4.78, 5) is 11.5. The molecule has 0 heterocycles. The first kappa shape index (κ1) is 16.2. The van der Waals surface area contributed by atoms with Gasteiger partial charge in [-0.3, -0.25) is 0 Å². The summed E-state index contributed by atoms with van der Waals surface area (Å²) < 4.78 is 4.93. The molecule has 0 aromatic carbocycles. The smallest absolute Gasteiger partial charge is 0.315 e. The Bertz CT molecular complexity index is 226. The Kier molecular flexibility index (Phi) is 7.15. The van der Waals surface area contributed by atoms with Crippen LogP contribution in [0.15, 0.2) is 0 Å². The molecule has 2 atom stereocenters. The minimum atomic E-state index is -0.553. The highest BCUT2D eigenvalue weighted by molar-refractivity contribution is 5.74. The van der Waals surface area contributed by atoms with Crippen LogP contribution in [0.5, 0.6) is 0 Å². The van der Waals surface area contributed by atoms with Crippen molar-refractivity contribution >= 4 is 6.03 Å². The van der Waals surface area contributed by atoms with Crippen LogP contribution in [0, 0.1) is 5.41 Å². The van der Waals surface area contributed by atoms with Crippen molar-refractivity contribution in [1.29, 1.82) is 0 Å². The Hall–Kier alpha value is -0.810. The lowest BCUT2D eigenvalue weighted by Gasteiger charge is -2.26. The summed E-state index contributed by atoms with van der Waals surface area (Å²) in [5.41, 5.74) is -0.227. The van der Waals surface area contributed by atoms with E-state index in [9.17, 15) is 9.90 Å². The predicted molar refractivity (Wildman–Crippen MR) is 68.0 cm³/mol. The molecule has 0 aliphatic carbocycles. The first-order valence-electron chi connectivity index (χ1n) is 5.98. The number of ether oxygens (including phenoxy) is 1. The topological polar surface area (TPSA) is 70.6 Å². The van der Waals surface area contributed by atoms with E-state index in [0.717, 1.165) is 6.42 Å². The number of aliphatic hydroxyl groups excluding tert-OH is 1. The highest BCUT2D eigenvalue weighted by Crippen LogP contribution is 2.17. The molecule has 0 spiro atoms. The van der Waals surface area contributed by atoms with E-state index in [1.807, 2.05) is 27.7 Å². The Labute approximate surface area is 104 Å². The molecule has 5 nitrogen and oxygen atoms in total. The van der Waals surface area contributed by atoms with Gasteiger partial charge in [0.05, 0.1) is 6.10 Å². The van der Waals surface area contributed by atoms with Gasteiger partial charge < -0.3 is 20.5 Å². The average molecular weight is 246 g/mol. The maximum Gasteiger partial charge on any atom is 0.315 e. The Morgan fingerprint density at radius 1 is 1.41 bits per heavy atom. The van der Waals surface area contributed by atoms with E-state index in [0.29, 0.717) is 6.61 Å². The highest BCUT2D eigenvalue weighted by Gasteiger charge is 2.22. The average Bonchev–Trinajstić information content (AvgIpc) is 2.21. The lowest BCUT2D eigenvalue weighted by molar-refractivity contribution is 0.0648. The zero-order valence-electron chi connectivity index (χ0n) is 11.5. The summed E-state index contributed by atoms with van der Waals surface area (Å²) in [5, 5.41) is 15.2. The number of aliphatic hydroxyl groups is 1. The van der Waals surface area contributed by atoms with Crippen LogP contribution in [0.25, 0.3) is 0 Å². The standard InChI is InChI=1S/C12H26N2O3/c1-9(6-7-17-5)14-11(16)13-8-10(15)12(2,3)4/h9-10,15H,6-8H2,1-5H3,(H2,13,14,16). The largest absolute Gasteiger partial charge is 0.391 e. The van der Waals surface area contributed by atoms with Gasteiger partial charge in [-0.25, -0.2) is 4.79 Å². The number of carbonyl (C=O) groups is 1. The fourth-order valence-electron chi connectivity index (χ4n) is 1.14. The van der Waals surface area contributed by atoms with E-state index < -0.39 is 6.10 Å². The van der Waals surface area contributed by atoms with Crippen LogP contribution >= 0.6 is 0 Å². The summed E-state index contributed by atoms with van der Waals surface area (Å²) in [6.07, 6.45) is 0.216. The van der Waals surface area contributed by atoms with Crippen molar-refractivity contribution in [1.82, 2.24) is 10.6 Å². The molecular formula is C12H26N2O3. The highest BCUT2D eigenvalue weighted by atomic mass is 16.5. The maximum atomic E-state index is 11.5. The number of urea groups is 1. The monoisotopic (exact) mass is 246 g/mol. The summed E-state index contributed by atoms with van der Waals surface area (Å²) in [6.45, 7) is 8.58. The summed E-state index contributed by atoms with van der Waals surface area (Å²) in [7, 11) is 1.63. The molecular weight excluding hydrogens is 220 g/mol. The third-order valence-corrected chi connectivity index (χ3v) is 2.59. The summed E-state index contributed by atoms with van der Waals surface area (Å²) in [5.74, 6) is 0. The fraction of sp³-hybridized carbons (Fsp3) is 0.917. The van der Waals surface area contributed by atoms with Gasteiger partial charge in [-0.1, -0.05) is 20.8 Å². The molecule has 0 saturated carbocycles. The minimum absolute atomic E-state index is 0.0572. The van der Waals surface area contributed by atoms with Gasteiger partial charge in [0.1, 0.15) is 0 Å². The quantitative estimate of drug-likeness (QED) is 0.657. The van der Waals surface area contributed by atoms with E-state index in [1.165, 1.54) is 0 Å². The van der Waals surface area contributed by atoms with Gasteiger partial charge in [0, 0.05) is 26.3 Å². The van der Waals surface area contributed by atoms with Crippen LogP contribution in [-0.4, -0.2) is 43.5 Å². The summed E-state index contributed by atoms with van der Waals surface area (Å²) >= 11 is 0. The minimum Gasteiger partial charge on any atom is -0.391 e. The van der Waals surface area contributed by atoms with Crippen molar-refractivity contribution in [3.05, 3.63) is 0 Å². The second-order valence-corrected chi connectivity index (χ2v) is 5.42. The number of amides is 2. The van der Waals surface area contributed by atoms with Gasteiger partial charge >= 0.3 is 6.03 Å². The van der Waals surface area contributed by atoms with Crippen molar-refractivity contribution in [2.24, 2.45) is 5.41 Å². The maximum absolute atomic E-state index is 11.5. The Morgan fingerprint density at radius 3 is 2.47 bits per heavy atom. The van der Waals surface area contributed by atoms with Gasteiger partial charge in [0.25, 0.3) is 0 Å². The van der Waals surface area contributed by atoms with Crippen LogP contribution in [0.2, 0.25) is 0 Å². The molecule has 3 N–H and O–H groups in total. The lowest BCUT2D eigenvalue weighted by Crippen LogP contribution is -2.46. The van der Waals surface area contributed by atoms with Crippen molar-refractivity contribution in [3.8, 4) is 0 Å². The molecule has 0 bridgehead atoms. The number of methoxy groups -OCH3 is 1. The molecule has 2 amide bonds. The molecule has 17 heavy (non-hydrogen) atoms. The molecule has 2 unspecified atom stereocenters. The third-order valence-electron chi connectivity index (χ3n) is 2.59. The number of nitrogens with one attached hydrogen (secondary N) is 2. The van der Waals surface area contributed by atoms with Gasteiger partial charge in [0.15, 0.2) is 0 Å². The molecule has 0 fully saturated rings. The SMILES string of the molecule is COCCC(C)NC(=O)NCC(O)C(C)(C)C. The van der Waals surface area contributed by atoms with E-state index in [-0.39, 0.29) is 24.0 Å². The zero-order valence-corrected chi connectivity index (χ0v) is 11.5.